The number of benzene rings is 1. The Morgan fingerprint density at radius 3 is 2.25 bits per heavy atom. The van der Waals surface area contributed by atoms with Crippen molar-refractivity contribution in [3.63, 3.8) is 0 Å². The first-order valence-corrected chi connectivity index (χ1v) is 6.44. The van der Waals surface area contributed by atoms with Crippen LogP contribution in [0.4, 0.5) is 0 Å². The van der Waals surface area contributed by atoms with Crippen LogP contribution in [-0.4, -0.2) is 12.2 Å². The van der Waals surface area contributed by atoms with Crippen molar-refractivity contribution >= 4 is 0 Å². The summed E-state index contributed by atoms with van der Waals surface area (Å²) in [4.78, 5) is 0. The Kier molecular flexibility index (Phi) is 3.65. The van der Waals surface area contributed by atoms with Crippen molar-refractivity contribution in [2.75, 3.05) is 0 Å². The fraction of sp³-hybridized carbons (Fsp3) is 0.600. The highest BCUT2D eigenvalue weighted by atomic mass is 16.6. The first-order valence-electron chi connectivity index (χ1n) is 6.44. The van der Waals surface area contributed by atoms with Gasteiger partial charge < -0.3 is 4.74 Å². The highest BCUT2D eigenvalue weighted by Crippen LogP contribution is 2.30. The Morgan fingerprint density at radius 2 is 1.75 bits per heavy atom. The molecule has 1 aromatic rings. The van der Waals surface area contributed by atoms with E-state index in [9.17, 15) is 0 Å². The lowest BCUT2D eigenvalue weighted by atomic mass is 9.96. The molecule has 2 rings (SSSR count). The summed E-state index contributed by atoms with van der Waals surface area (Å²) in [7, 11) is 0. The van der Waals surface area contributed by atoms with Crippen molar-refractivity contribution < 1.29 is 4.74 Å². The molecule has 0 saturated carbocycles. The Balaban J connectivity index is 1.89. The molecule has 0 N–H and O–H groups in total. The van der Waals surface area contributed by atoms with Crippen LogP contribution >= 0.6 is 0 Å². The minimum absolute atomic E-state index is 0.481. The van der Waals surface area contributed by atoms with Gasteiger partial charge in [-0.05, 0) is 36.8 Å². The average molecular weight is 218 g/mol. The third kappa shape index (κ3) is 2.85. The lowest BCUT2D eigenvalue weighted by molar-refractivity contribution is 0.328. The van der Waals surface area contributed by atoms with Crippen LogP contribution in [0.3, 0.4) is 0 Å². The fourth-order valence-corrected chi connectivity index (χ4v) is 2.42. The molecule has 16 heavy (non-hydrogen) atoms. The normalized spacial score (nSPS) is 25.4. The lowest BCUT2D eigenvalue weighted by Gasteiger charge is -2.09. The third-order valence-corrected chi connectivity index (χ3v) is 3.44. The summed E-state index contributed by atoms with van der Waals surface area (Å²) in [6, 6.07) is 9.08. The van der Waals surface area contributed by atoms with E-state index in [1.807, 2.05) is 0 Å². The topological polar surface area (TPSA) is 12.5 Å². The summed E-state index contributed by atoms with van der Waals surface area (Å²) in [6.45, 7) is 6.67. The Morgan fingerprint density at radius 1 is 1.19 bits per heavy atom. The maximum atomic E-state index is 5.51. The maximum absolute atomic E-state index is 5.51. The minimum atomic E-state index is 0.481. The van der Waals surface area contributed by atoms with Gasteiger partial charge in [-0.15, -0.1) is 0 Å². The van der Waals surface area contributed by atoms with Crippen molar-refractivity contribution in [1.82, 2.24) is 0 Å². The molecule has 0 bridgehead atoms. The van der Waals surface area contributed by atoms with Crippen molar-refractivity contribution in [3.05, 3.63) is 35.4 Å². The van der Waals surface area contributed by atoms with E-state index in [-0.39, 0.29) is 0 Å². The fourth-order valence-electron chi connectivity index (χ4n) is 2.42. The minimum Gasteiger partial charge on any atom is -0.370 e. The summed E-state index contributed by atoms with van der Waals surface area (Å²) in [5.74, 6) is 0.645. The quantitative estimate of drug-likeness (QED) is 0.688. The van der Waals surface area contributed by atoms with Gasteiger partial charge in [0.05, 0.1) is 12.2 Å². The molecule has 0 spiro atoms. The van der Waals surface area contributed by atoms with Crippen molar-refractivity contribution in [1.29, 1.82) is 0 Å². The Bertz CT molecular complexity index is 328. The van der Waals surface area contributed by atoms with Gasteiger partial charge in [-0.1, -0.05) is 44.5 Å². The number of hydrogen-bond acceptors (Lipinski definition) is 1. The second-order valence-electron chi connectivity index (χ2n) is 5.05. The molecule has 0 amide bonds. The van der Waals surface area contributed by atoms with Gasteiger partial charge in [0.15, 0.2) is 0 Å². The van der Waals surface area contributed by atoms with Gasteiger partial charge in [0.25, 0.3) is 0 Å². The van der Waals surface area contributed by atoms with Crippen LogP contribution in [0.2, 0.25) is 0 Å². The van der Waals surface area contributed by atoms with E-state index in [4.69, 9.17) is 4.74 Å². The molecule has 3 atom stereocenters. The van der Waals surface area contributed by atoms with E-state index in [2.05, 4.69) is 45.0 Å². The zero-order chi connectivity index (χ0) is 11.5. The Hall–Kier alpha value is -0.820. The molecule has 0 radical (unpaired) electrons. The SMILES string of the molecule is CCCc1ccc(CC(C)C2OC2C)cc1. The predicted octanol–water partition coefficient (Wildman–Crippen LogP) is 3.61. The molecule has 0 aliphatic carbocycles. The first-order chi connectivity index (χ1) is 7.70. The number of aryl methyl sites for hydroxylation is 1. The van der Waals surface area contributed by atoms with E-state index in [0.717, 1.165) is 6.42 Å². The van der Waals surface area contributed by atoms with Crippen molar-refractivity contribution in [2.24, 2.45) is 5.92 Å². The smallest absolute Gasteiger partial charge is 0.0867 e. The molecule has 1 heterocycles. The van der Waals surface area contributed by atoms with Crippen LogP contribution in [0, 0.1) is 5.92 Å². The average Bonchev–Trinajstić information content (AvgIpc) is 2.99. The molecule has 3 unspecified atom stereocenters. The second kappa shape index (κ2) is 5.01. The first kappa shape index (κ1) is 11.7. The van der Waals surface area contributed by atoms with Crippen LogP contribution in [0.1, 0.15) is 38.3 Å². The van der Waals surface area contributed by atoms with Gasteiger partial charge in [0.1, 0.15) is 0 Å². The van der Waals surface area contributed by atoms with E-state index >= 15 is 0 Å². The van der Waals surface area contributed by atoms with Crippen LogP contribution in [0.15, 0.2) is 24.3 Å². The molecule has 1 nitrogen and oxygen atoms in total. The number of ether oxygens (including phenoxy) is 1. The standard InChI is InChI=1S/C15H22O/c1-4-5-13-6-8-14(9-7-13)10-11(2)15-12(3)16-15/h6-9,11-12,15H,4-5,10H2,1-3H3. The molecular weight excluding hydrogens is 196 g/mol. The van der Waals surface area contributed by atoms with Crippen LogP contribution in [0.5, 0.6) is 0 Å². The van der Waals surface area contributed by atoms with Crippen molar-refractivity contribution in [3.8, 4) is 0 Å². The summed E-state index contributed by atoms with van der Waals surface area (Å²) >= 11 is 0. The zero-order valence-corrected chi connectivity index (χ0v) is 10.6. The lowest BCUT2D eigenvalue weighted by Crippen LogP contribution is -2.08. The molecule has 1 fully saturated rings. The highest BCUT2D eigenvalue weighted by Gasteiger charge is 2.38. The van der Waals surface area contributed by atoms with Gasteiger partial charge in [-0.2, -0.15) is 0 Å². The molecule has 1 aliphatic heterocycles. The second-order valence-corrected chi connectivity index (χ2v) is 5.05. The predicted molar refractivity (Wildman–Crippen MR) is 67.6 cm³/mol. The van der Waals surface area contributed by atoms with Crippen molar-refractivity contribution in [2.45, 2.75) is 52.2 Å². The number of epoxide rings is 1. The summed E-state index contributed by atoms with van der Waals surface area (Å²) in [5, 5.41) is 0. The van der Waals surface area contributed by atoms with E-state index < -0.39 is 0 Å². The number of hydrogen-bond donors (Lipinski definition) is 0. The summed E-state index contributed by atoms with van der Waals surface area (Å²) < 4.78 is 5.51. The van der Waals surface area contributed by atoms with Gasteiger partial charge >= 0.3 is 0 Å². The largest absolute Gasteiger partial charge is 0.370 e. The van der Waals surface area contributed by atoms with Gasteiger partial charge in [-0.25, -0.2) is 0 Å². The molecule has 1 saturated heterocycles. The summed E-state index contributed by atoms with van der Waals surface area (Å²) in [5.41, 5.74) is 2.89. The van der Waals surface area contributed by atoms with Crippen LogP contribution < -0.4 is 0 Å². The van der Waals surface area contributed by atoms with E-state index in [0.29, 0.717) is 18.1 Å². The van der Waals surface area contributed by atoms with E-state index in [1.165, 1.54) is 24.0 Å². The monoisotopic (exact) mass is 218 g/mol. The molecule has 0 aromatic heterocycles. The van der Waals surface area contributed by atoms with Gasteiger partial charge in [0.2, 0.25) is 0 Å². The Labute approximate surface area is 98.8 Å². The maximum Gasteiger partial charge on any atom is 0.0867 e. The van der Waals surface area contributed by atoms with Crippen LogP contribution in [-0.2, 0) is 17.6 Å². The molecule has 1 heteroatoms. The van der Waals surface area contributed by atoms with Gasteiger partial charge in [-0.3, -0.25) is 0 Å². The molecule has 1 aromatic carbocycles. The van der Waals surface area contributed by atoms with Gasteiger partial charge in [0, 0.05) is 0 Å². The van der Waals surface area contributed by atoms with E-state index in [1.54, 1.807) is 0 Å². The molecular formula is C15H22O. The molecule has 1 aliphatic rings. The van der Waals surface area contributed by atoms with Crippen LogP contribution in [0.25, 0.3) is 0 Å². The number of rotatable bonds is 5. The highest BCUT2D eigenvalue weighted by molar-refractivity contribution is 5.23. The summed E-state index contributed by atoms with van der Waals surface area (Å²) in [6.07, 6.45) is 4.54. The molecule has 88 valence electrons. The zero-order valence-electron chi connectivity index (χ0n) is 10.6. The third-order valence-electron chi connectivity index (χ3n) is 3.44.